The number of hydrogen-bond donors (Lipinski definition) is 6. The number of alkyl carbamates (subject to hydrolysis) is 1. The predicted octanol–water partition coefficient (Wildman–Crippen LogP) is 10.7. The lowest BCUT2D eigenvalue weighted by Crippen LogP contribution is -2.47. The van der Waals surface area contributed by atoms with E-state index in [1.54, 1.807) is 12.1 Å². The number of fused-ring (bicyclic) bond motifs is 1. The zero-order chi connectivity index (χ0) is 48.5. The van der Waals surface area contributed by atoms with E-state index in [0.29, 0.717) is 75.8 Å². The van der Waals surface area contributed by atoms with Crippen molar-refractivity contribution in [2.75, 3.05) is 11.4 Å². The molecular weight excluding hydrogens is 863 g/mol. The lowest BCUT2D eigenvalue weighted by Gasteiger charge is -2.39. The van der Waals surface area contributed by atoms with Crippen molar-refractivity contribution in [1.82, 2.24) is 20.9 Å². The van der Waals surface area contributed by atoms with Crippen LogP contribution in [0.1, 0.15) is 108 Å². The summed E-state index contributed by atoms with van der Waals surface area (Å²) in [6, 6.07) is 30.2. The van der Waals surface area contributed by atoms with Crippen molar-refractivity contribution in [3.8, 4) is 16.9 Å². The van der Waals surface area contributed by atoms with Crippen LogP contribution in [0.25, 0.3) is 22.0 Å². The minimum Gasteiger partial charge on any atom is -0.506 e. The maximum Gasteiger partial charge on any atom is 0.412 e. The summed E-state index contributed by atoms with van der Waals surface area (Å²) in [6.07, 6.45) is 2.13. The van der Waals surface area contributed by atoms with Crippen molar-refractivity contribution < 1.29 is 33.8 Å². The molecular formula is C53H69N5O8Si. The molecule has 1 aromatic heterocycles. The molecule has 1 aliphatic rings. The van der Waals surface area contributed by atoms with Crippen molar-refractivity contribution in [3.63, 3.8) is 0 Å². The third-order valence-electron chi connectivity index (χ3n) is 12.9. The topological polar surface area (TPSA) is 182 Å². The number of carbonyl (C=O) groups excluding carboxylic acids is 2. The quantitative estimate of drug-likeness (QED) is 0.0494. The summed E-state index contributed by atoms with van der Waals surface area (Å²) in [5.41, 5.74) is 5.75. The minimum absolute atomic E-state index is 0.0139. The van der Waals surface area contributed by atoms with E-state index in [0.717, 1.165) is 38.8 Å². The molecule has 0 saturated heterocycles. The fraction of sp³-hybridized carbons (Fsp3) is 0.434. The van der Waals surface area contributed by atoms with E-state index in [4.69, 9.17) is 9.16 Å². The fourth-order valence-electron chi connectivity index (χ4n) is 8.35. The summed E-state index contributed by atoms with van der Waals surface area (Å²) in [6.45, 7) is 18.0. The summed E-state index contributed by atoms with van der Waals surface area (Å²) >= 11 is 0. The highest BCUT2D eigenvalue weighted by Gasteiger charge is 2.40. The number of aryl methyl sites for hydroxylation is 1. The van der Waals surface area contributed by atoms with Gasteiger partial charge in [-0.3, -0.25) is 14.5 Å². The number of phenolic OH excluding ortho intramolecular Hbond substituents is 1. The average molecular weight is 932 g/mol. The molecule has 1 saturated carbocycles. The predicted molar refractivity (Wildman–Crippen MR) is 268 cm³/mol. The van der Waals surface area contributed by atoms with Crippen LogP contribution in [0.4, 0.5) is 15.3 Å². The number of rotatable bonds is 17. The van der Waals surface area contributed by atoms with Crippen LogP contribution in [0.15, 0.2) is 102 Å². The third-order valence-corrected chi connectivity index (χ3v) is 17.4. The van der Waals surface area contributed by atoms with Crippen LogP contribution in [-0.4, -0.2) is 65.8 Å². The molecule has 14 heteroatoms. The molecule has 6 rings (SSSR count). The third kappa shape index (κ3) is 13.8. The zero-order valence-corrected chi connectivity index (χ0v) is 41.3. The molecule has 67 heavy (non-hydrogen) atoms. The Hall–Kier alpha value is -5.96. The van der Waals surface area contributed by atoms with Crippen LogP contribution < -0.4 is 26.4 Å². The van der Waals surface area contributed by atoms with E-state index in [2.05, 4.69) is 54.8 Å². The Labute approximate surface area is 395 Å². The van der Waals surface area contributed by atoms with Gasteiger partial charge >= 0.3 is 12.2 Å². The number of benzene rings is 4. The first-order valence-electron chi connectivity index (χ1n) is 23.5. The standard InChI is InChI=1S/C53H69N5O8Si/c1-52(2,3)65-50(62)56-39-22-24-40(25-23-39)58(51(63)64)44-31-35(21-26-41(44)38-14-10-9-11-15-38)13-12-16-47(60)55-33-37-19-17-36(18-20-37)32-54-34-46(66-67(7,8)53(4,5)6)42-27-29-45(59)49-43(42)28-30-48(61)57-49/h9-11,14-15,17-21,26-31,39-40,46,54,59H,12-13,16,22-25,32-34H2,1-8H3,(H,55,60)(H,56,62)(H,57,61)(H,63,64)/t39-,40-,46?. The number of H-pyrrole nitrogens is 1. The van der Waals surface area contributed by atoms with Crippen LogP contribution in [0, 0.1) is 0 Å². The van der Waals surface area contributed by atoms with E-state index in [-0.39, 0.29) is 40.4 Å². The molecule has 4 aromatic carbocycles. The Morgan fingerprint density at radius 2 is 1.49 bits per heavy atom. The highest BCUT2D eigenvalue weighted by molar-refractivity contribution is 6.74. The highest BCUT2D eigenvalue weighted by Crippen LogP contribution is 2.41. The summed E-state index contributed by atoms with van der Waals surface area (Å²) in [7, 11) is -2.23. The second-order valence-corrected chi connectivity index (χ2v) is 25.0. The maximum absolute atomic E-state index is 13.1. The Balaban J connectivity index is 1.03. The zero-order valence-electron chi connectivity index (χ0n) is 40.3. The smallest absolute Gasteiger partial charge is 0.412 e. The van der Waals surface area contributed by atoms with Crippen LogP contribution in [0.3, 0.4) is 0 Å². The van der Waals surface area contributed by atoms with Gasteiger partial charge in [0.25, 0.3) is 0 Å². The second-order valence-electron chi connectivity index (χ2n) is 20.3. The second kappa shape index (κ2) is 21.8. The normalized spacial score (nSPS) is 16.0. The van der Waals surface area contributed by atoms with Gasteiger partial charge in [0.1, 0.15) is 11.4 Å². The van der Waals surface area contributed by atoms with Gasteiger partial charge in [-0.05, 0) is 123 Å². The van der Waals surface area contributed by atoms with Gasteiger partial charge in [-0.25, -0.2) is 9.59 Å². The van der Waals surface area contributed by atoms with Crippen molar-refractivity contribution in [2.24, 2.45) is 0 Å². The first-order chi connectivity index (χ1) is 31.7. The molecule has 358 valence electrons. The van der Waals surface area contributed by atoms with Gasteiger partial charge in [-0.2, -0.15) is 0 Å². The van der Waals surface area contributed by atoms with Gasteiger partial charge in [0.15, 0.2) is 8.32 Å². The Kier molecular flexibility index (Phi) is 16.4. The van der Waals surface area contributed by atoms with Crippen molar-refractivity contribution in [2.45, 2.75) is 141 Å². The lowest BCUT2D eigenvalue weighted by atomic mass is 9.89. The monoisotopic (exact) mass is 931 g/mol. The number of anilines is 1. The molecule has 0 bridgehead atoms. The van der Waals surface area contributed by atoms with E-state index in [1.165, 1.54) is 11.0 Å². The molecule has 0 spiro atoms. The first kappa shape index (κ1) is 50.4. The van der Waals surface area contributed by atoms with Gasteiger partial charge in [-0.15, -0.1) is 0 Å². The number of hydrogen-bond acceptors (Lipinski definition) is 8. The Morgan fingerprint density at radius 1 is 0.836 bits per heavy atom. The largest absolute Gasteiger partial charge is 0.506 e. The van der Waals surface area contributed by atoms with Gasteiger partial charge < -0.3 is 40.3 Å². The first-order valence-corrected chi connectivity index (χ1v) is 26.4. The van der Waals surface area contributed by atoms with Crippen LogP contribution in [0.2, 0.25) is 18.1 Å². The number of aromatic amines is 1. The average Bonchev–Trinajstić information content (AvgIpc) is 3.26. The summed E-state index contributed by atoms with van der Waals surface area (Å²) in [5.74, 6) is -0.0468. The number of phenols is 1. The summed E-state index contributed by atoms with van der Waals surface area (Å²) < 4.78 is 12.4. The minimum atomic E-state index is -2.23. The highest BCUT2D eigenvalue weighted by atomic mass is 28.4. The summed E-state index contributed by atoms with van der Waals surface area (Å²) in [4.78, 5) is 54.9. The van der Waals surface area contributed by atoms with E-state index < -0.39 is 26.1 Å². The molecule has 1 fully saturated rings. The van der Waals surface area contributed by atoms with Crippen LogP contribution in [0.5, 0.6) is 5.75 Å². The molecule has 3 amide bonds. The van der Waals surface area contributed by atoms with Gasteiger partial charge in [0.05, 0.1) is 17.3 Å². The Morgan fingerprint density at radius 3 is 2.13 bits per heavy atom. The Bertz CT molecular complexity index is 2540. The molecule has 13 nitrogen and oxygen atoms in total. The molecule has 1 unspecified atom stereocenters. The molecule has 1 aliphatic carbocycles. The molecule has 0 aliphatic heterocycles. The SMILES string of the molecule is CC(C)(C)OC(=O)N[C@H]1CC[C@H](N(C(=O)O)c2cc(CCCC(=O)NCc3ccc(CNCC(O[Si](C)(C)C(C)(C)C)c4ccc(O)c5[nH]c(=O)ccc45)cc3)ccc2-c2ccccc2)CC1. The van der Waals surface area contributed by atoms with Gasteiger partial charge in [-0.1, -0.05) is 93.6 Å². The van der Waals surface area contributed by atoms with Crippen molar-refractivity contribution in [1.29, 1.82) is 0 Å². The van der Waals surface area contributed by atoms with E-state index in [9.17, 15) is 29.4 Å². The molecule has 1 atom stereocenters. The van der Waals surface area contributed by atoms with Gasteiger partial charge in [0.2, 0.25) is 11.5 Å². The number of pyridine rings is 1. The fourth-order valence-corrected chi connectivity index (χ4v) is 9.63. The van der Waals surface area contributed by atoms with Gasteiger partial charge in [0, 0.05) is 55.2 Å². The number of nitrogens with one attached hydrogen (secondary N) is 4. The number of aromatic nitrogens is 1. The summed E-state index contributed by atoms with van der Waals surface area (Å²) in [5, 5.41) is 31.5. The molecule has 5 aromatic rings. The lowest BCUT2D eigenvalue weighted by molar-refractivity contribution is -0.121. The number of carbonyl (C=O) groups is 3. The van der Waals surface area contributed by atoms with Crippen molar-refractivity contribution >= 4 is 43.0 Å². The van der Waals surface area contributed by atoms with E-state index in [1.807, 2.05) is 99.6 Å². The van der Waals surface area contributed by atoms with Crippen LogP contribution in [-0.2, 0) is 33.5 Å². The maximum atomic E-state index is 13.1. The number of aromatic hydroxyl groups is 1. The van der Waals surface area contributed by atoms with Crippen LogP contribution >= 0.6 is 0 Å². The number of amides is 3. The number of nitrogens with zero attached hydrogens (tertiary/aromatic N) is 1. The molecule has 6 N–H and O–H groups in total. The number of carboxylic acid groups (broad SMARTS) is 1. The molecule has 0 radical (unpaired) electrons. The van der Waals surface area contributed by atoms with E-state index >= 15 is 0 Å². The number of ether oxygens (including phenoxy) is 1. The molecule has 1 heterocycles. The van der Waals surface area contributed by atoms with Crippen molar-refractivity contribution in [3.05, 3.63) is 130 Å².